The molecule has 1 heterocycles. The predicted octanol–water partition coefficient (Wildman–Crippen LogP) is 2.71. The predicted molar refractivity (Wildman–Crippen MR) is 84.4 cm³/mol. The minimum absolute atomic E-state index is 0.0911. The largest absolute Gasteiger partial charge is 0.493 e. The summed E-state index contributed by atoms with van der Waals surface area (Å²) < 4.78 is 5.92. The van der Waals surface area contributed by atoms with Crippen LogP contribution in [0.4, 0.5) is 0 Å². The Labute approximate surface area is 123 Å². The van der Waals surface area contributed by atoms with Crippen LogP contribution in [0.15, 0.2) is 18.2 Å². The third kappa shape index (κ3) is 3.33. The number of hydrogen-bond acceptors (Lipinski definition) is 3. The molecule has 0 spiro atoms. The zero-order valence-electron chi connectivity index (χ0n) is 13.1. The van der Waals surface area contributed by atoms with Gasteiger partial charge >= 0.3 is 0 Å². The van der Waals surface area contributed by atoms with E-state index in [0.717, 1.165) is 38.2 Å². The van der Waals surface area contributed by atoms with Gasteiger partial charge in [-0.2, -0.15) is 0 Å². The summed E-state index contributed by atoms with van der Waals surface area (Å²) in [5, 5.41) is 0. The molecule has 0 bridgehead atoms. The van der Waals surface area contributed by atoms with Crippen molar-refractivity contribution in [3.05, 3.63) is 29.3 Å². The average molecular weight is 276 g/mol. The lowest BCUT2D eigenvalue weighted by Crippen LogP contribution is -2.35. The molecule has 1 aromatic carbocycles. The molecule has 0 saturated carbocycles. The molecule has 1 aliphatic heterocycles. The van der Waals surface area contributed by atoms with E-state index in [1.165, 1.54) is 17.5 Å². The van der Waals surface area contributed by atoms with Crippen LogP contribution in [-0.4, -0.2) is 38.7 Å². The molecule has 2 rings (SSSR count). The second-order valence-electron chi connectivity index (χ2n) is 6.34. The summed E-state index contributed by atoms with van der Waals surface area (Å²) in [5.41, 5.74) is 8.93. The van der Waals surface area contributed by atoms with Gasteiger partial charge in [-0.05, 0) is 59.3 Å². The first-order valence-electron chi connectivity index (χ1n) is 7.66. The van der Waals surface area contributed by atoms with Gasteiger partial charge in [-0.3, -0.25) is 0 Å². The van der Waals surface area contributed by atoms with Crippen LogP contribution in [0.5, 0.6) is 5.75 Å². The Morgan fingerprint density at radius 1 is 1.35 bits per heavy atom. The van der Waals surface area contributed by atoms with Gasteiger partial charge in [0.2, 0.25) is 0 Å². The maximum Gasteiger partial charge on any atom is 0.123 e. The van der Waals surface area contributed by atoms with Gasteiger partial charge < -0.3 is 15.4 Å². The molecule has 1 aliphatic rings. The lowest BCUT2D eigenvalue weighted by atomic mass is 9.73. The molecule has 0 saturated heterocycles. The van der Waals surface area contributed by atoms with Crippen molar-refractivity contribution < 1.29 is 4.74 Å². The molecule has 0 fully saturated rings. The number of aryl methyl sites for hydroxylation is 1. The van der Waals surface area contributed by atoms with Crippen molar-refractivity contribution in [2.75, 3.05) is 33.8 Å². The topological polar surface area (TPSA) is 38.5 Å². The quantitative estimate of drug-likeness (QED) is 0.898. The number of nitrogens with zero attached hydrogens (tertiary/aromatic N) is 1. The molecular formula is C17H28N2O. The maximum atomic E-state index is 6.22. The van der Waals surface area contributed by atoms with E-state index in [9.17, 15) is 0 Å². The second-order valence-corrected chi connectivity index (χ2v) is 6.34. The summed E-state index contributed by atoms with van der Waals surface area (Å²) in [6, 6.07) is 6.53. The van der Waals surface area contributed by atoms with E-state index in [2.05, 4.69) is 44.1 Å². The van der Waals surface area contributed by atoms with Crippen LogP contribution in [0.2, 0.25) is 0 Å². The van der Waals surface area contributed by atoms with Crippen LogP contribution in [0.25, 0.3) is 0 Å². The Bertz CT molecular complexity index is 445. The molecule has 2 N–H and O–H groups in total. The fraction of sp³-hybridized carbons (Fsp3) is 0.647. The minimum atomic E-state index is 0.0911. The van der Waals surface area contributed by atoms with Gasteiger partial charge in [-0.1, -0.05) is 17.7 Å². The van der Waals surface area contributed by atoms with Gasteiger partial charge in [0.15, 0.2) is 0 Å². The molecule has 20 heavy (non-hydrogen) atoms. The van der Waals surface area contributed by atoms with E-state index in [1.807, 2.05) is 0 Å². The molecule has 0 aromatic heterocycles. The highest BCUT2D eigenvalue weighted by Crippen LogP contribution is 2.41. The standard InChI is InChI=1S/C17H28N2O/c1-14-6-7-16-15(12-14)17(13-18,9-5-11-20-16)8-4-10-19(2)3/h6-7,12H,4-5,8-11,13,18H2,1-3H3. The maximum absolute atomic E-state index is 6.22. The Kier molecular flexibility index (Phi) is 5.06. The third-order valence-corrected chi connectivity index (χ3v) is 4.42. The average Bonchev–Trinajstić information content (AvgIpc) is 2.59. The van der Waals surface area contributed by atoms with Crippen LogP contribution in [0.1, 0.15) is 36.8 Å². The summed E-state index contributed by atoms with van der Waals surface area (Å²) >= 11 is 0. The number of hydrogen-bond donors (Lipinski definition) is 1. The van der Waals surface area contributed by atoms with E-state index >= 15 is 0 Å². The van der Waals surface area contributed by atoms with Crippen molar-refractivity contribution in [3.8, 4) is 5.75 Å². The monoisotopic (exact) mass is 276 g/mol. The van der Waals surface area contributed by atoms with Crippen molar-refractivity contribution in [3.63, 3.8) is 0 Å². The number of benzene rings is 1. The van der Waals surface area contributed by atoms with Crippen molar-refractivity contribution in [1.82, 2.24) is 4.90 Å². The van der Waals surface area contributed by atoms with Crippen molar-refractivity contribution >= 4 is 0 Å². The molecule has 1 unspecified atom stereocenters. The van der Waals surface area contributed by atoms with Gasteiger partial charge in [0.1, 0.15) is 5.75 Å². The fourth-order valence-electron chi connectivity index (χ4n) is 3.22. The van der Waals surface area contributed by atoms with Crippen LogP contribution >= 0.6 is 0 Å². The number of rotatable bonds is 5. The molecule has 1 aromatic rings. The highest BCUT2D eigenvalue weighted by molar-refractivity contribution is 5.43. The molecule has 0 radical (unpaired) electrons. The summed E-state index contributed by atoms with van der Waals surface area (Å²) in [6.07, 6.45) is 4.54. The summed E-state index contributed by atoms with van der Waals surface area (Å²) in [7, 11) is 4.26. The van der Waals surface area contributed by atoms with E-state index in [4.69, 9.17) is 10.5 Å². The molecular weight excluding hydrogens is 248 g/mol. The highest BCUT2D eigenvalue weighted by atomic mass is 16.5. The summed E-state index contributed by atoms with van der Waals surface area (Å²) in [5.74, 6) is 1.04. The van der Waals surface area contributed by atoms with Crippen molar-refractivity contribution in [1.29, 1.82) is 0 Å². The van der Waals surface area contributed by atoms with Gasteiger partial charge in [-0.15, -0.1) is 0 Å². The molecule has 3 nitrogen and oxygen atoms in total. The number of fused-ring (bicyclic) bond motifs is 1. The van der Waals surface area contributed by atoms with Gasteiger partial charge in [-0.25, -0.2) is 0 Å². The molecule has 1 atom stereocenters. The van der Waals surface area contributed by atoms with Crippen LogP contribution in [-0.2, 0) is 5.41 Å². The Balaban J connectivity index is 2.28. The van der Waals surface area contributed by atoms with E-state index < -0.39 is 0 Å². The molecule has 112 valence electrons. The molecule has 0 amide bonds. The van der Waals surface area contributed by atoms with Crippen LogP contribution < -0.4 is 10.5 Å². The zero-order chi connectivity index (χ0) is 14.6. The smallest absolute Gasteiger partial charge is 0.123 e. The minimum Gasteiger partial charge on any atom is -0.493 e. The van der Waals surface area contributed by atoms with Gasteiger partial charge in [0.05, 0.1) is 6.61 Å². The van der Waals surface area contributed by atoms with Gasteiger partial charge in [0.25, 0.3) is 0 Å². The first kappa shape index (κ1) is 15.3. The highest BCUT2D eigenvalue weighted by Gasteiger charge is 2.34. The summed E-state index contributed by atoms with van der Waals surface area (Å²) in [6.45, 7) is 4.78. The normalized spacial score (nSPS) is 22.2. The lowest BCUT2D eigenvalue weighted by Gasteiger charge is -2.33. The number of ether oxygens (including phenoxy) is 1. The van der Waals surface area contributed by atoms with E-state index in [1.54, 1.807) is 0 Å². The second kappa shape index (κ2) is 6.59. The molecule has 3 heteroatoms. The number of nitrogens with two attached hydrogens (primary N) is 1. The third-order valence-electron chi connectivity index (χ3n) is 4.42. The van der Waals surface area contributed by atoms with Gasteiger partial charge in [0, 0.05) is 17.5 Å². The Morgan fingerprint density at radius 2 is 2.15 bits per heavy atom. The van der Waals surface area contributed by atoms with Crippen LogP contribution in [0.3, 0.4) is 0 Å². The first-order chi connectivity index (χ1) is 9.57. The Hall–Kier alpha value is -1.06. The first-order valence-corrected chi connectivity index (χ1v) is 7.66. The Morgan fingerprint density at radius 3 is 2.85 bits per heavy atom. The SMILES string of the molecule is Cc1ccc2c(c1)C(CN)(CCCN(C)C)CCCO2. The summed E-state index contributed by atoms with van der Waals surface area (Å²) in [4.78, 5) is 2.24. The van der Waals surface area contributed by atoms with Crippen molar-refractivity contribution in [2.45, 2.75) is 38.0 Å². The zero-order valence-corrected chi connectivity index (χ0v) is 13.1. The lowest BCUT2D eigenvalue weighted by molar-refractivity contribution is 0.301. The van der Waals surface area contributed by atoms with Crippen molar-refractivity contribution in [2.24, 2.45) is 5.73 Å². The fourth-order valence-corrected chi connectivity index (χ4v) is 3.22. The molecule has 0 aliphatic carbocycles. The van der Waals surface area contributed by atoms with E-state index in [0.29, 0.717) is 6.54 Å². The van der Waals surface area contributed by atoms with E-state index in [-0.39, 0.29) is 5.41 Å². The van der Waals surface area contributed by atoms with Crippen LogP contribution in [0, 0.1) is 6.92 Å².